The van der Waals surface area contributed by atoms with Crippen molar-refractivity contribution in [2.45, 2.75) is 51.2 Å². The Morgan fingerprint density at radius 2 is 1.83 bits per heavy atom. The molecule has 11 heteroatoms. The molecule has 1 aliphatic rings. The number of carbonyl (C=O) groups excluding carboxylic acids is 2. The molecule has 0 aliphatic heterocycles. The molecule has 1 fully saturated rings. The Labute approximate surface area is 210 Å². The molecule has 0 saturated heterocycles. The van der Waals surface area contributed by atoms with E-state index in [4.69, 9.17) is 17.3 Å². The van der Waals surface area contributed by atoms with E-state index in [1.54, 1.807) is 30.0 Å². The van der Waals surface area contributed by atoms with Crippen LogP contribution < -0.4 is 11.1 Å². The summed E-state index contributed by atoms with van der Waals surface area (Å²) in [6.07, 6.45) is 2.79. The van der Waals surface area contributed by atoms with Gasteiger partial charge in [-0.1, -0.05) is 16.1 Å². The molecule has 0 bridgehead atoms. The zero-order valence-corrected chi connectivity index (χ0v) is 20.5. The monoisotopic (exact) mass is 519 g/mol. The fourth-order valence-corrected chi connectivity index (χ4v) is 4.94. The van der Waals surface area contributed by atoms with Crippen LogP contribution in [0.4, 0.5) is 14.5 Å². The second-order valence-corrected chi connectivity index (χ2v) is 9.77. The first-order valence-corrected chi connectivity index (χ1v) is 12.3. The van der Waals surface area contributed by atoms with Gasteiger partial charge in [0, 0.05) is 41.0 Å². The molecular formula is C24H24ClF2N5O2S. The lowest BCUT2D eigenvalue weighted by Crippen LogP contribution is -2.44. The van der Waals surface area contributed by atoms with E-state index in [-0.39, 0.29) is 30.1 Å². The van der Waals surface area contributed by atoms with Gasteiger partial charge < -0.3 is 16.0 Å². The molecule has 1 saturated carbocycles. The molecule has 1 aliphatic carbocycles. The number of benzene rings is 2. The molecule has 1 aromatic heterocycles. The van der Waals surface area contributed by atoms with Gasteiger partial charge in [0.2, 0.25) is 0 Å². The van der Waals surface area contributed by atoms with E-state index in [1.807, 2.05) is 0 Å². The van der Waals surface area contributed by atoms with Crippen LogP contribution in [-0.4, -0.2) is 38.4 Å². The summed E-state index contributed by atoms with van der Waals surface area (Å²) < 4.78 is 31.5. The maximum absolute atomic E-state index is 13.9. The first-order chi connectivity index (χ1) is 16.7. The van der Waals surface area contributed by atoms with Crippen molar-refractivity contribution in [2.24, 2.45) is 5.73 Å². The average Bonchev–Trinajstić information content (AvgIpc) is 3.25. The van der Waals surface area contributed by atoms with E-state index >= 15 is 0 Å². The SMILES string of the molecule is Cc1nnsc1C(=O)Nc1ccc(Cl)c(CN(C(=O)c2cc(F)cc(F)c2)C2CCC(N)CC2)c1. The first-order valence-electron chi connectivity index (χ1n) is 11.1. The van der Waals surface area contributed by atoms with E-state index in [9.17, 15) is 18.4 Å². The zero-order valence-electron chi connectivity index (χ0n) is 18.9. The Hall–Kier alpha value is -2.95. The fraction of sp³-hybridized carbons (Fsp3) is 0.333. The van der Waals surface area contributed by atoms with E-state index < -0.39 is 17.5 Å². The molecule has 0 radical (unpaired) electrons. The minimum absolute atomic E-state index is 0.0571. The van der Waals surface area contributed by atoms with Gasteiger partial charge in [0.25, 0.3) is 11.8 Å². The zero-order chi connectivity index (χ0) is 25.1. The van der Waals surface area contributed by atoms with Crippen LogP contribution in [0.15, 0.2) is 36.4 Å². The largest absolute Gasteiger partial charge is 0.331 e. The average molecular weight is 520 g/mol. The number of nitrogens with one attached hydrogen (secondary N) is 1. The first kappa shape index (κ1) is 25.2. The van der Waals surface area contributed by atoms with E-state index in [1.165, 1.54) is 0 Å². The third-order valence-corrected chi connectivity index (χ3v) is 7.25. The summed E-state index contributed by atoms with van der Waals surface area (Å²) in [6.45, 7) is 1.79. The highest BCUT2D eigenvalue weighted by Crippen LogP contribution is 2.29. The van der Waals surface area contributed by atoms with Crippen LogP contribution in [0.2, 0.25) is 5.02 Å². The van der Waals surface area contributed by atoms with Crippen molar-refractivity contribution >= 4 is 40.6 Å². The summed E-state index contributed by atoms with van der Waals surface area (Å²) in [5, 5.41) is 7.05. The Kier molecular flexibility index (Phi) is 7.73. The summed E-state index contributed by atoms with van der Waals surface area (Å²) in [6, 6.07) is 7.63. The molecule has 2 amide bonds. The number of aromatic nitrogens is 2. The van der Waals surface area contributed by atoms with Crippen molar-refractivity contribution in [3.63, 3.8) is 0 Å². The number of hydrogen-bond donors (Lipinski definition) is 2. The van der Waals surface area contributed by atoms with Crippen molar-refractivity contribution in [1.82, 2.24) is 14.5 Å². The molecule has 0 unspecified atom stereocenters. The molecule has 7 nitrogen and oxygen atoms in total. The van der Waals surface area contributed by atoms with Gasteiger partial charge in [0.15, 0.2) is 0 Å². The Balaban J connectivity index is 1.62. The van der Waals surface area contributed by atoms with Gasteiger partial charge >= 0.3 is 0 Å². The van der Waals surface area contributed by atoms with Gasteiger partial charge in [-0.2, -0.15) is 0 Å². The predicted molar refractivity (Wildman–Crippen MR) is 131 cm³/mol. The highest BCUT2D eigenvalue weighted by Gasteiger charge is 2.29. The van der Waals surface area contributed by atoms with Crippen LogP contribution in [0, 0.1) is 18.6 Å². The maximum atomic E-state index is 13.9. The number of rotatable bonds is 6. The predicted octanol–water partition coefficient (Wildman–Crippen LogP) is 4.94. The molecule has 1 heterocycles. The number of carbonyl (C=O) groups is 2. The number of nitrogens with zero attached hydrogens (tertiary/aromatic N) is 3. The lowest BCUT2D eigenvalue weighted by Gasteiger charge is -2.36. The Bertz CT molecular complexity index is 1230. The van der Waals surface area contributed by atoms with Crippen molar-refractivity contribution in [3.8, 4) is 0 Å². The molecule has 3 N–H and O–H groups in total. The normalized spacial score (nSPS) is 17.7. The second kappa shape index (κ2) is 10.8. The van der Waals surface area contributed by atoms with E-state index in [0.717, 1.165) is 42.6 Å². The van der Waals surface area contributed by atoms with E-state index in [0.29, 0.717) is 39.7 Å². The minimum atomic E-state index is -0.824. The summed E-state index contributed by atoms with van der Waals surface area (Å²) in [7, 11) is 0. The van der Waals surface area contributed by atoms with Crippen molar-refractivity contribution in [2.75, 3.05) is 5.32 Å². The van der Waals surface area contributed by atoms with Crippen LogP contribution in [0.1, 0.15) is 57.0 Å². The van der Waals surface area contributed by atoms with Crippen molar-refractivity contribution in [1.29, 1.82) is 0 Å². The molecule has 4 rings (SSSR count). The second-order valence-electron chi connectivity index (χ2n) is 8.61. The van der Waals surface area contributed by atoms with Crippen LogP contribution in [0.3, 0.4) is 0 Å². The standard InChI is InChI=1S/C24H24ClF2N5O2S/c1-13-22(35-31-30-13)23(33)29-19-4-7-21(25)15(10-19)12-32(20-5-2-18(28)3-6-20)24(34)14-8-16(26)11-17(27)9-14/h4,7-11,18,20H,2-3,5-6,12,28H2,1H3,(H,29,33). The molecule has 35 heavy (non-hydrogen) atoms. The summed E-state index contributed by atoms with van der Waals surface area (Å²) in [5.41, 5.74) is 7.56. The maximum Gasteiger partial charge on any atom is 0.269 e. The van der Waals surface area contributed by atoms with Crippen LogP contribution in [0.5, 0.6) is 0 Å². The van der Waals surface area contributed by atoms with Crippen LogP contribution >= 0.6 is 23.1 Å². The molecule has 0 atom stereocenters. The molecule has 184 valence electrons. The third-order valence-electron chi connectivity index (χ3n) is 6.05. The number of anilines is 1. The summed E-state index contributed by atoms with van der Waals surface area (Å²) in [5.74, 6) is -2.50. The number of aryl methyl sites for hydroxylation is 1. The van der Waals surface area contributed by atoms with Gasteiger partial charge in [0.1, 0.15) is 16.5 Å². The smallest absolute Gasteiger partial charge is 0.269 e. The number of nitrogens with two attached hydrogens (primary N) is 1. The highest BCUT2D eigenvalue weighted by molar-refractivity contribution is 7.08. The molecule has 0 spiro atoms. The Morgan fingerprint density at radius 1 is 1.14 bits per heavy atom. The van der Waals surface area contributed by atoms with Gasteiger partial charge in [0.05, 0.1) is 5.69 Å². The Morgan fingerprint density at radius 3 is 2.46 bits per heavy atom. The number of halogens is 3. The van der Waals surface area contributed by atoms with Crippen LogP contribution in [0.25, 0.3) is 0 Å². The summed E-state index contributed by atoms with van der Waals surface area (Å²) >= 11 is 7.45. The molecule has 2 aromatic carbocycles. The minimum Gasteiger partial charge on any atom is -0.331 e. The lowest BCUT2D eigenvalue weighted by atomic mass is 9.90. The van der Waals surface area contributed by atoms with E-state index in [2.05, 4.69) is 14.9 Å². The molecule has 3 aromatic rings. The fourth-order valence-electron chi connectivity index (χ4n) is 4.21. The highest BCUT2D eigenvalue weighted by atomic mass is 35.5. The summed E-state index contributed by atoms with van der Waals surface area (Å²) in [4.78, 5) is 28.0. The van der Waals surface area contributed by atoms with Crippen LogP contribution in [-0.2, 0) is 6.54 Å². The van der Waals surface area contributed by atoms with Gasteiger partial charge in [-0.3, -0.25) is 9.59 Å². The molecular weight excluding hydrogens is 496 g/mol. The van der Waals surface area contributed by atoms with Crippen molar-refractivity contribution in [3.05, 3.63) is 74.8 Å². The van der Waals surface area contributed by atoms with Gasteiger partial charge in [-0.05, 0) is 80.0 Å². The number of hydrogen-bond acceptors (Lipinski definition) is 6. The lowest BCUT2D eigenvalue weighted by molar-refractivity contribution is 0.0605. The topological polar surface area (TPSA) is 101 Å². The quantitative estimate of drug-likeness (QED) is 0.480. The third kappa shape index (κ3) is 6.01. The van der Waals surface area contributed by atoms with Gasteiger partial charge in [-0.15, -0.1) is 5.10 Å². The van der Waals surface area contributed by atoms with Gasteiger partial charge in [-0.25, -0.2) is 8.78 Å². The number of amides is 2. The van der Waals surface area contributed by atoms with Crippen molar-refractivity contribution < 1.29 is 18.4 Å².